The average Bonchev–Trinajstić information content (AvgIpc) is 3.52. The first kappa shape index (κ1) is 40.9. The summed E-state index contributed by atoms with van der Waals surface area (Å²) in [6, 6.07) is 15.6. The molecule has 0 saturated heterocycles. The number of rotatable bonds is 4. The van der Waals surface area contributed by atoms with Gasteiger partial charge in [0.2, 0.25) is 0 Å². The molecule has 0 fully saturated rings. The monoisotopic (exact) mass is 780 g/mol. The predicted molar refractivity (Wildman–Crippen MR) is 183 cm³/mol. The minimum absolute atomic E-state index is 0.573. The molecular weight excluding hydrogens is 745 g/mol. The van der Waals surface area contributed by atoms with Gasteiger partial charge < -0.3 is 0 Å². The Morgan fingerprint density at radius 2 is 0.955 bits per heavy atom. The summed E-state index contributed by atoms with van der Waals surface area (Å²) in [5.74, 6) is 0. The maximum atomic E-state index is 12.7. The number of alkyl halides is 6. The average molecular weight is 783 g/mol. The van der Waals surface area contributed by atoms with Crippen LogP contribution in [-0.4, -0.2) is 25.7 Å². The summed E-state index contributed by atoms with van der Waals surface area (Å²) in [5, 5.41) is 2.63. The molecule has 0 nitrogen and oxygen atoms in total. The van der Waals surface area contributed by atoms with E-state index in [1.807, 2.05) is 24.3 Å². The second-order valence-corrected chi connectivity index (χ2v) is 27.0. The third-order valence-electron chi connectivity index (χ3n) is 5.75. The van der Waals surface area contributed by atoms with Crippen LogP contribution in [0, 0.1) is 0 Å². The minimum atomic E-state index is -4.28. The molecule has 4 rings (SSSR count). The molecule has 0 N–H and O–H groups in total. The molecule has 0 heterocycles. The molecule has 0 aliphatic rings. The van der Waals surface area contributed by atoms with Gasteiger partial charge in [0.25, 0.3) is 0 Å². The van der Waals surface area contributed by atoms with Gasteiger partial charge in [-0.05, 0) is 11.1 Å². The molecule has 0 atom stereocenters. The summed E-state index contributed by atoms with van der Waals surface area (Å²) in [6.45, 7) is 17.4. The summed E-state index contributed by atoms with van der Waals surface area (Å²) in [4.78, 5) is 0. The third-order valence-corrected chi connectivity index (χ3v) is 8.08. The molecular formula is C32H38Cl2F6Si3Zr. The van der Waals surface area contributed by atoms with Crippen molar-refractivity contribution in [3.8, 4) is 0 Å². The van der Waals surface area contributed by atoms with E-state index in [1.165, 1.54) is 24.3 Å². The first-order chi connectivity index (χ1) is 20.2. The Bertz CT molecular complexity index is 1390. The van der Waals surface area contributed by atoms with Crippen molar-refractivity contribution < 1.29 is 47.2 Å². The molecule has 0 saturated carbocycles. The van der Waals surface area contributed by atoms with E-state index in [1.54, 1.807) is 24.3 Å². The maximum absolute atomic E-state index is 12.7. The van der Waals surface area contributed by atoms with Crippen LogP contribution in [0.4, 0.5) is 26.3 Å². The number of hydrogen-bond donors (Lipinski definition) is 0. The molecule has 0 bridgehead atoms. The molecule has 12 heteroatoms. The van der Waals surface area contributed by atoms with E-state index in [0.29, 0.717) is 21.5 Å². The normalized spacial score (nSPS) is 12.4. The van der Waals surface area contributed by atoms with Gasteiger partial charge in [0.05, 0.1) is 16.1 Å². The van der Waals surface area contributed by atoms with Crippen molar-refractivity contribution in [2.24, 2.45) is 0 Å². The summed E-state index contributed by atoms with van der Waals surface area (Å²) in [6.07, 6.45) is -4.65. The van der Waals surface area contributed by atoms with Gasteiger partial charge in [-0.15, -0.1) is 57.9 Å². The molecule has 44 heavy (non-hydrogen) atoms. The van der Waals surface area contributed by atoms with Gasteiger partial charge in [0.15, 0.2) is 0 Å². The van der Waals surface area contributed by atoms with E-state index in [0.717, 1.165) is 20.6 Å². The Labute approximate surface area is 280 Å². The number of halogens is 8. The van der Waals surface area contributed by atoms with Crippen molar-refractivity contribution in [1.29, 1.82) is 0 Å². The van der Waals surface area contributed by atoms with Crippen LogP contribution in [-0.2, 0) is 33.2 Å². The molecule has 0 aliphatic heterocycles. The van der Waals surface area contributed by atoms with Gasteiger partial charge >= 0.3 is 50.2 Å². The third kappa shape index (κ3) is 14.5. The number of hydrogen-bond acceptors (Lipinski definition) is 0. The van der Waals surface area contributed by atoms with Gasteiger partial charge in [0.1, 0.15) is 0 Å². The van der Waals surface area contributed by atoms with Gasteiger partial charge in [0, 0.05) is 9.52 Å². The van der Waals surface area contributed by atoms with Crippen LogP contribution < -0.4 is 0 Å². The van der Waals surface area contributed by atoms with E-state index < -0.39 is 60.5 Å². The SMILES string of the molecule is C[Si](C)(C)C=Cc1cccc2[cH-]c(C(F)(F)F)cc12.C[Si](C)(C)C=Cc1cccc2[cH-]c(C(F)(F)F)cc12.C[Si]C.[Cl][Zr+2][Cl]. The Hall–Kier alpha value is -1.17. The van der Waals surface area contributed by atoms with Gasteiger partial charge in [-0.1, -0.05) is 99.2 Å². The van der Waals surface area contributed by atoms with E-state index in [4.69, 9.17) is 17.0 Å². The molecule has 0 spiro atoms. The van der Waals surface area contributed by atoms with E-state index in [9.17, 15) is 26.3 Å². The van der Waals surface area contributed by atoms with Crippen molar-refractivity contribution in [2.45, 2.75) is 64.7 Å². The zero-order chi connectivity index (χ0) is 33.9. The summed E-state index contributed by atoms with van der Waals surface area (Å²) in [7, 11) is 8.23. The Morgan fingerprint density at radius 3 is 1.20 bits per heavy atom. The molecule has 0 amide bonds. The zero-order valence-corrected chi connectivity index (χ0v) is 33.1. The first-order valence-electron chi connectivity index (χ1n) is 13.6. The topological polar surface area (TPSA) is 0 Å². The molecule has 4 aromatic rings. The summed E-state index contributed by atoms with van der Waals surface area (Å²) in [5.41, 5.74) is 4.85. The second kappa shape index (κ2) is 17.7. The Morgan fingerprint density at radius 1 is 0.659 bits per heavy atom. The zero-order valence-electron chi connectivity index (χ0n) is 26.1. The molecule has 0 unspecified atom stereocenters. The molecule has 0 aliphatic carbocycles. The molecule has 4 aromatic carbocycles. The van der Waals surface area contributed by atoms with Crippen molar-refractivity contribution in [2.75, 3.05) is 0 Å². The van der Waals surface area contributed by atoms with Crippen molar-refractivity contribution >= 4 is 76.4 Å². The van der Waals surface area contributed by atoms with Crippen LogP contribution >= 0.6 is 17.0 Å². The fourth-order valence-corrected chi connectivity index (χ4v) is 5.17. The summed E-state index contributed by atoms with van der Waals surface area (Å²) >= 11 is -0.826. The van der Waals surface area contributed by atoms with Gasteiger partial charge in [-0.3, -0.25) is 0 Å². The van der Waals surface area contributed by atoms with Crippen LogP contribution in [0.15, 0.2) is 72.1 Å². The van der Waals surface area contributed by atoms with Gasteiger partial charge in [-0.2, -0.15) is 38.5 Å². The fraction of sp³-hybridized carbons (Fsp3) is 0.312. The first-order valence-corrected chi connectivity index (χ1v) is 29.1. The van der Waals surface area contributed by atoms with Crippen molar-refractivity contribution in [3.05, 3.63) is 94.3 Å². The van der Waals surface area contributed by atoms with Crippen molar-refractivity contribution in [1.82, 2.24) is 0 Å². The predicted octanol–water partition coefficient (Wildman–Crippen LogP) is 13.1. The van der Waals surface area contributed by atoms with Crippen LogP contribution in [0.1, 0.15) is 22.3 Å². The summed E-state index contributed by atoms with van der Waals surface area (Å²) < 4.78 is 76.3. The van der Waals surface area contributed by atoms with E-state index in [2.05, 4.69) is 63.8 Å². The molecule has 2 radical (unpaired) electrons. The van der Waals surface area contributed by atoms with Crippen LogP contribution in [0.2, 0.25) is 52.4 Å². The van der Waals surface area contributed by atoms with Crippen LogP contribution in [0.5, 0.6) is 0 Å². The van der Waals surface area contributed by atoms with E-state index >= 15 is 0 Å². The Kier molecular flexibility index (Phi) is 16.4. The Balaban J connectivity index is 0.000000373. The fourth-order valence-electron chi connectivity index (χ4n) is 3.82. The molecule has 0 aromatic heterocycles. The molecule has 238 valence electrons. The second-order valence-electron chi connectivity index (χ2n) is 12.2. The van der Waals surface area contributed by atoms with Crippen molar-refractivity contribution in [3.63, 3.8) is 0 Å². The number of benzene rings is 2. The van der Waals surface area contributed by atoms with Gasteiger partial charge in [-0.25, -0.2) is 0 Å². The van der Waals surface area contributed by atoms with Crippen LogP contribution in [0.3, 0.4) is 0 Å². The standard InChI is InChI=1S/2C15H16F3Si.C2H6Si.2ClH.Zr/c2*1-19(2,3)8-7-11-5-4-6-12-9-13(10-14(11)12)15(16,17)18;1-3-2;;;/h2*4-10H,1-3H3;1-2H3;2*1H;/q2*-1;;;;+4/p-2. The van der Waals surface area contributed by atoms with E-state index in [-0.39, 0.29) is 0 Å². The number of fused-ring (bicyclic) bond motifs is 2. The quantitative estimate of drug-likeness (QED) is 0.110. The van der Waals surface area contributed by atoms with Crippen LogP contribution in [0.25, 0.3) is 33.7 Å².